The monoisotopic (exact) mass is 467 g/mol. The molecule has 0 spiro atoms. The largest absolute Gasteiger partial charge is 0.465 e. The van der Waals surface area contributed by atoms with E-state index in [1.807, 2.05) is 30.3 Å². The Kier molecular flexibility index (Phi) is 6.76. The van der Waals surface area contributed by atoms with Gasteiger partial charge in [0.25, 0.3) is 5.69 Å². The van der Waals surface area contributed by atoms with Crippen molar-refractivity contribution in [3.05, 3.63) is 75.8 Å². The van der Waals surface area contributed by atoms with Gasteiger partial charge in [-0.05, 0) is 36.3 Å². The summed E-state index contributed by atoms with van der Waals surface area (Å²) in [6.45, 7) is 0.526. The van der Waals surface area contributed by atoms with Crippen molar-refractivity contribution in [3.8, 4) is 0 Å². The average Bonchev–Trinajstić information content (AvgIpc) is 3.45. The summed E-state index contributed by atoms with van der Waals surface area (Å²) in [6, 6.07) is 15.0. The Morgan fingerprint density at radius 1 is 1.15 bits per heavy atom. The fourth-order valence-corrected chi connectivity index (χ4v) is 4.74. The fraction of sp³-hybridized carbons (Fsp3) is 0.375. The summed E-state index contributed by atoms with van der Waals surface area (Å²) in [5.74, 6) is -1.49. The van der Waals surface area contributed by atoms with E-state index in [9.17, 15) is 29.6 Å². The second kappa shape index (κ2) is 9.90. The summed E-state index contributed by atoms with van der Waals surface area (Å²) in [6.07, 6.45) is -0.729. The van der Waals surface area contributed by atoms with Crippen LogP contribution in [0.4, 0.5) is 15.3 Å². The highest BCUT2D eigenvalue weighted by Gasteiger charge is 2.44. The quantitative estimate of drug-likeness (QED) is 0.488. The molecule has 0 saturated carbocycles. The van der Waals surface area contributed by atoms with Crippen LogP contribution in [0.25, 0.3) is 0 Å². The lowest BCUT2D eigenvalue weighted by Gasteiger charge is -2.28. The number of imide groups is 1. The van der Waals surface area contributed by atoms with E-state index >= 15 is 0 Å². The molecule has 0 aromatic heterocycles. The van der Waals surface area contributed by atoms with Gasteiger partial charge in [0.1, 0.15) is 6.61 Å². The van der Waals surface area contributed by atoms with Crippen LogP contribution in [0.2, 0.25) is 0 Å². The second-order valence-electron chi connectivity index (χ2n) is 8.64. The molecule has 3 amide bonds. The van der Waals surface area contributed by atoms with Crippen LogP contribution in [0, 0.1) is 22.0 Å². The number of nitro groups is 1. The van der Waals surface area contributed by atoms with E-state index in [1.165, 1.54) is 17.0 Å². The molecule has 2 saturated heterocycles. The molecule has 1 unspecified atom stereocenters. The van der Waals surface area contributed by atoms with Gasteiger partial charge in [-0.3, -0.25) is 14.9 Å². The van der Waals surface area contributed by atoms with Crippen molar-refractivity contribution in [3.63, 3.8) is 0 Å². The molecule has 34 heavy (non-hydrogen) atoms. The van der Waals surface area contributed by atoms with Gasteiger partial charge in [-0.15, -0.1) is 0 Å². The minimum absolute atomic E-state index is 0.0783. The van der Waals surface area contributed by atoms with E-state index in [0.717, 1.165) is 10.5 Å². The zero-order chi connectivity index (χ0) is 24.2. The Hall–Kier alpha value is -3.95. The summed E-state index contributed by atoms with van der Waals surface area (Å²) < 4.78 is 5.22. The summed E-state index contributed by atoms with van der Waals surface area (Å²) in [5.41, 5.74) is 1.44. The number of non-ortho nitro benzene ring substituents is 1. The van der Waals surface area contributed by atoms with Gasteiger partial charge in [-0.1, -0.05) is 42.5 Å². The molecule has 2 heterocycles. The number of ether oxygens (including phenoxy) is 1. The lowest BCUT2D eigenvalue weighted by Crippen LogP contribution is -2.46. The topological polar surface area (TPSA) is 130 Å². The number of rotatable bonds is 7. The third-order valence-corrected chi connectivity index (χ3v) is 6.47. The molecule has 4 rings (SSSR count). The molecule has 2 aromatic carbocycles. The molecule has 0 radical (unpaired) electrons. The van der Waals surface area contributed by atoms with Gasteiger partial charge in [-0.25, -0.2) is 14.5 Å². The average molecular weight is 467 g/mol. The van der Waals surface area contributed by atoms with Crippen LogP contribution in [-0.4, -0.2) is 63.7 Å². The second-order valence-corrected chi connectivity index (χ2v) is 8.64. The van der Waals surface area contributed by atoms with E-state index in [2.05, 4.69) is 0 Å². The lowest BCUT2D eigenvalue weighted by atomic mass is 9.84. The highest BCUT2D eigenvalue weighted by atomic mass is 16.6. The van der Waals surface area contributed by atoms with E-state index in [-0.39, 0.29) is 37.7 Å². The first kappa shape index (κ1) is 23.2. The van der Waals surface area contributed by atoms with Crippen molar-refractivity contribution in [2.75, 3.05) is 19.7 Å². The summed E-state index contributed by atoms with van der Waals surface area (Å²) in [7, 11) is 0. The molecular weight excluding hydrogens is 442 g/mol. The number of hydrogen-bond acceptors (Lipinski definition) is 6. The minimum Gasteiger partial charge on any atom is -0.465 e. The minimum atomic E-state index is -1.06. The van der Waals surface area contributed by atoms with Crippen LogP contribution in [0.1, 0.15) is 17.5 Å². The van der Waals surface area contributed by atoms with Gasteiger partial charge in [0, 0.05) is 31.1 Å². The van der Waals surface area contributed by atoms with Crippen molar-refractivity contribution < 1.29 is 29.2 Å². The van der Waals surface area contributed by atoms with Crippen LogP contribution in [-0.2, 0) is 22.4 Å². The number of carbonyl (C=O) groups excluding carboxylic acids is 2. The number of carboxylic acid groups (broad SMARTS) is 1. The predicted octanol–water partition coefficient (Wildman–Crippen LogP) is 3.34. The van der Waals surface area contributed by atoms with Crippen LogP contribution >= 0.6 is 0 Å². The Balaban J connectivity index is 1.61. The maximum atomic E-state index is 13.8. The zero-order valence-corrected chi connectivity index (χ0v) is 18.4. The normalized spacial score (nSPS) is 20.8. The molecule has 10 nitrogen and oxygen atoms in total. The summed E-state index contributed by atoms with van der Waals surface area (Å²) in [5, 5.41) is 20.6. The number of likely N-dealkylation sites (tertiary alicyclic amines) is 1. The van der Waals surface area contributed by atoms with Crippen molar-refractivity contribution >= 4 is 23.8 Å². The third-order valence-electron chi connectivity index (χ3n) is 6.47. The fourth-order valence-electron chi connectivity index (χ4n) is 4.74. The first-order valence-electron chi connectivity index (χ1n) is 11.1. The molecule has 2 aromatic rings. The van der Waals surface area contributed by atoms with Crippen molar-refractivity contribution in [1.82, 2.24) is 9.80 Å². The standard InChI is InChI=1S/C24H25N3O7/c28-22(26-20(15-34-24(26)31)11-16-5-2-1-3-6-16)21(18-9-10-25(14-18)23(29)30)13-17-7-4-8-19(12-17)27(32)33/h1-8,12,18,20-21H,9-11,13-15H2,(H,29,30)/t18-,20-,21?/m0/s1. The van der Waals surface area contributed by atoms with Crippen LogP contribution < -0.4 is 0 Å². The van der Waals surface area contributed by atoms with Crippen LogP contribution in [0.15, 0.2) is 54.6 Å². The third kappa shape index (κ3) is 5.00. The molecule has 2 fully saturated rings. The number of carbonyl (C=O) groups is 3. The van der Waals surface area contributed by atoms with Crippen LogP contribution in [0.3, 0.4) is 0 Å². The lowest BCUT2D eigenvalue weighted by molar-refractivity contribution is -0.384. The maximum Gasteiger partial charge on any atom is 0.416 e. The highest BCUT2D eigenvalue weighted by Crippen LogP contribution is 2.32. The number of hydrogen-bond donors (Lipinski definition) is 1. The van der Waals surface area contributed by atoms with Crippen molar-refractivity contribution in [2.24, 2.45) is 11.8 Å². The Labute approximate surface area is 195 Å². The first-order chi connectivity index (χ1) is 16.3. The Morgan fingerprint density at radius 2 is 1.88 bits per heavy atom. The highest BCUT2D eigenvalue weighted by molar-refractivity contribution is 5.95. The van der Waals surface area contributed by atoms with E-state index in [1.54, 1.807) is 12.1 Å². The van der Waals surface area contributed by atoms with Gasteiger partial charge in [0.2, 0.25) is 5.91 Å². The molecule has 10 heteroatoms. The number of cyclic esters (lactones) is 1. The molecule has 2 aliphatic heterocycles. The molecule has 2 aliphatic rings. The van der Waals surface area contributed by atoms with E-state index in [4.69, 9.17) is 4.74 Å². The van der Waals surface area contributed by atoms with Crippen molar-refractivity contribution in [2.45, 2.75) is 25.3 Å². The SMILES string of the molecule is O=C(O)N1CC[C@H](C(Cc2cccc([N+](=O)[O-])c2)C(=O)N2C(=O)OC[C@@H]2Cc2ccccc2)C1. The van der Waals surface area contributed by atoms with Crippen LogP contribution in [0.5, 0.6) is 0 Å². The Morgan fingerprint density at radius 3 is 2.56 bits per heavy atom. The molecule has 1 N–H and O–H groups in total. The Bertz CT molecular complexity index is 1090. The van der Waals surface area contributed by atoms with E-state index < -0.39 is 35.0 Å². The van der Waals surface area contributed by atoms with Gasteiger partial charge in [-0.2, -0.15) is 0 Å². The maximum absolute atomic E-state index is 13.8. The smallest absolute Gasteiger partial charge is 0.416 e. The van der Waals surface area contributed by atoms with Gasteiger partial charge >= 0.3 is 12.2 Å². The number of nitrogens with zero attached hydrogens (tertiary/aromatic N) is 3. The summed E-state index contributed by atoms with van der Waals surface area (Å²) in [4.78, 5) is 50.9. The molecular formula is C24H25N3O7. The number of amides is 3. The number of benzene rings is 2. The molecule has 178 valence electrons. The summed E-state index contributed by atoms with van der Waals surface area (Å²) >= 11 is 0. The van der Waals surface area contributed by atoms with E-state index in [0.29, 0.717) is 18.4 Å². The first-order valence-corrected chi connectivity index (χ1v) is 11.1. The number of nitro benzene ring substituents is 1. The predicted molar refractivity (Wildman–Crippen MR) is 120 cm³/mol. The van der Waals surface area contributed by atoms with Gasteiger partial charge in [0.15, 0.2) is 0 Å². The van der Waals surface area contributed by atoms with Gasteiger partial charge < -0.3 is 14.7 Å². The molecule has 0 aliphatic carbocycles. The van der Waals surface area contributed by atoms with Gasteiger partial charge in [0.05, 0.1) is 11.0 Å². The molecule has 0 bridgehead atoms. The molecule has 3 atom stereocenters. The zero-order valence-electron chi connectivity index (χ0n) is 18.4. The van der Waals surface area contributed by atoms with Crippen molar-refractivity contribution in [1.29, 1.82) is 0 Å².